The first-order valence-corrected chi connectivity index (χ1v) is 11.6. The number of sulfonamides is 1. The third-order valence-corrected chi connectivity index (χ3v) is 7.87. The number of nitrogens with zero attached hydrogens (tertiary/aromatic N) is 2. The van der Waals surface area contributed by atoms with Gasteiger partial charge in [0.2, 0.25) is 0 Å². The highest BCUT2D eigenvalue weighted by molar-refractivity contribution is 7.89. The Bertz CT molecular complexity index is 912. The van der Waals surface area contributed by atoms with Crippen LogP contribution >= 0.6 is 0 Å². The summed E-state index contributed by atoms with van der Waals surface area (Å²) in [6.07, 6.45) is 3.01. The number of carbonyl (C=O) groups is 1. The number of rotatable bonds is 5. The summed E-state index contributed by atoms with van der Waals surface area (Å²) >= 11 is 0. The third-order valence-electron chi connectivity index (χ3n) is 6.22. The van der Waals surface area contributed by atoms with Gasteiger partial charge in [-0.3, -0.25) is 4.79 Å². The fraction of sp³-hybridized carbons (Fsp3) is 0.667. The monoisotopic (exact) mass is 446 g/mol. The lowest BCUT2D eigenvalue weighted by atomic mass is 9.65. The second kappa shape index (κ2) is 7.51. The van der Waals surface area contributed by atoms with Crippen molar-refractivity contribution >= 4 is 15.9 Å². The Labute approximate surface area is 176 Å². The Morgan fingerprint density at radius 1 is 1.17 bits per heavy atom. The lowest BCUT2D eigenvalue weighted by molar-refractivity contribution is -0.0490. The van der Waals surface area contributed by atoms with Crippen molar-refractivity contribution in [1.82, 2.24) is 9.21 Å². The van der Waals surface area contributed by atoms with Crippen molar-refractivity contribution in [2.24, 2.45) is 10.8 Å². The van der Waals surface area contributed by atoms with Gasteiger partial charge in [-0.1, -0.05) is 39.8 Å². The lowest BCUT2D eigenvalue weighted by Crippen LogP contribution is -2.40. The summed E-state index contributed by atoms with van der Waals surface area (Å²) in [7, 11) is -5.40. The Kier molecular flexibility index (Phi) is 5.77. The molecular formula is C21H29F3N2O3S. The van der Waals surface area contributed by atoms with Gasteiger partial charge < -0.3 is 4.90 Å². The number of hydrogen-bond donors (Lipinski definition) is 0. The van der Waals surface area contributed by atoms with E-state index in [9.17, 15) is 26.4 Å². The van der Waals surface area contributed by atoms with E-state index in [1.165, 1.54) is 19.1 Å². The second-order valence-corrected chi connectivity index (χ2v) is 11.7. The molecule has 168 valence electrons. The van der Waals surface area contributed by atoms with Gasteiger partial charge in [0.05, 0.1) is 0 Å². The van der Waals surface area contributed by atoms with Crippen LogP contribution in [0.15, 0.2) is 24.3 Å². The predicted octanol–water partition coefficient (Wildman–Crippen LogP) is 4.40. The standard InChI is InChI=1S/C21H29F3N2O3S/c1-5-25(30(28,29)21(22,23)24)12-15-6-8-16(9-7-15)18(27)26-14-20(4)11-17(26)10-19(2,3)13-20/h6-9,17H,5,10-14H2,1-4H3. The van der Waals surface area contributed by atoms with E-state index in [2.05, 4.69) is 20.8 Å². The zero-order chi connectivity index (χ0) is 22.5. The highest BCUT2D eigenvalue weighted by Crippen LogP contribution is 2.52. The van der Waals surface area contributed by atoms with E-state index in [4.69, 9.17) is 0 Å². The minimum atomic E-state index is -5.40. The molecule has 1 heterocycles. The van der Waals surface area contributed by atoms with Crippen LogP contribution < -0.4 is 0 Å². The Morgan fingerprint density at radius 2 is 1.77 bits per heavy atom. The molecule has 1 aromatic rings. The zero-order valence-corrected chi connectivity index (χ0v) is 18.6. The SMILES string of the molecule is CCN(Cc1ccc(C(=O)N2CC3(C)CC2CC(C)(C)C3)cc1)S(=O)(=O)C(F)(F)F. The molecule has 9 heteroatoms. The van der Waals surface area contributed by atoms with Crippen molar-refractivity contribution in [3.63, 3.8) is 0 Å². The molecule has 0 spiro atoms. The molecule has 0 N–H and O–H groups in total. The Morgan fingerprint density at radius 3 is 2.30 bits per heavy atom. The number of carbonyl (C=O) groups excluding carboxylic acids is 1. The lowest BCUT2D eigenvalue weighted by Gasteiger charge is -2.39. The number of benzene rings is 1. The molecule has 1 aliphatic carbocycles. The summed E-state index contributed by atoms with van der Waals surface area (Å²) in [4.78, 5) is 15.0. The molecule has 1 aromatic carbocycles. The van der Waals surface area contributed by atoms with Crippen LogP contribution in [-0.2, 0) is 16.6 Å². The minimum Gasteiger partial charge on any atom is -0.335 e. The van der Waals surface area contributed by atoms with Crippen LogP contribution in [0.4, 0.5) is 13.2 Å². The first-order chi connectivity index (χ1) is 13.7. The molecule has 2 bridgehead atoms. The smallest absolute Gasteiger partial charge is 0.335 e. The van der Waals surface area contributed by atoms with Gasteiger partial charge in [-0.15, -0.1) is 0 Å². The summed E-state index contributed by atoms with van der Waals surface area (Å²) in [5, 5.41) is 0. The van der Waals surface area contributed by atoms with Gasteiger partial charge in [0.25, 0.3) is 5.91 Å². The second-order valence-electron chi connectivity index (χ2n) is 9.72. The van der Waals surface area contributed by atoms with Gasteiger partial charge in [-0.25, -0.2) is 8.42 Å². The molecule has 2 aliphatic rings. The maximum atomic E-state index is 13.1. The van der Waals surface area contributed by atoms with Crippen LogP contribution in [0, 0.1) is 10.8 Å². The van der Waals surface area contributed by atoms with Crippen molar-refractivity contribution in [3.05, 3.63) is 35.4 Å². The van der Waals surface area contributed by atoms with Crippen molar-refractivity contribution < 1.29 is 26.4 Å². The van der Waals surface area contributed by atoms with E-state index in [1.54, 1.807) is 12.1 Å². The zero-order valence-electron chi connectivity index (χ0n) is 17.8. The van der Waals surface area contributed by atoms with Crippen molar-refractivity contribution in [2.75, 3.05) is 13.1 Å². The first kappa shape index (κ1) is 23.1. The average Bonchev–Trinajstić information content (AvgIpc) is 2.87. The van der Waals surface area contributed by atoms with E-state index >= 15 is 0 Å². The molecule has 2 fully saturated rings. The molecule has 0 aromatic heterocycles. The molecule has 3 rings (SSSR count). The number of hydrogen-bond acceptors (Lipinski definition) is 3. The first-order valence-electron chi connectivity index (χ1n) is 10.1. The van der Waals surface area contributed by atoms with Gasteiger partial charge in [0.1, 0.15) is 0 Å². The van der Waals surface area contributed by atoms with Crippen LogP contribution in [0.2, 0.25) is 0 Å². The molecule has 1 aliphatic heterocycles. The van der Waals surface area contributed by atoms with Gasteiger partial charge in [0, 0.05) is 31.2 Å². The van der Waals surface area contributed by atoms with Crippen molar-refractivity contribution in [1.29, 1.82) is 0 Å². The van der Waals surface area contributed by atoms with Crippen molar-refractivity contribution in [3.8, 4) is 0 Å². The Balaban J connectivity index is 1.74. The molecule has 5 nitrogen and oxygen atoms in total. The van der Waals surface area contributed by atoms with Crippen LogP contribution in [0.1, 0.15) is 62.9 Å². The van der Waals surface area contributed by atoms with E-state index in [1.807, 2.05) is 4.90 Å². The molecule has 2 unspecified atom stereocenters. The van der Waals surface area contributed by atoms with Crippen molar-refractivity contribution in [2.45, 2.75) is 65.1 Å². The maximum absolute atomic E-state index is 13.1. The number of likely N-dealkylation sites (tertiary alicyclic amines) is 1. The van der Waals surface area contributed by atoms with E-state index < -0.39 is 22.1 Å². The predicted molar refractivity (Wildman–Crippen MR) is 108 cm³/mol. The quantitative estimate of drug-likeness (QED) is 0.674. The van der Waals surface area contributed by atoms with E-state index in [-0.39, 0.29) is 29.3 Å². The molecule has 2 atom stereocenters. The summed E-state index contributed by atoms with van der Waals surface area (Å²) in [5.74, 6) is -0.0803. The largest absolute Gasteiger partial charge is 0.511 e. The summed E-state index contributed by atoms with van der Waals surface area (Å²) in [5.41, 5.74) is -4.18. The highest BCUT2D eigenvalue weighted by Gasteiger charge is 2.51. The van der Waals surface area contributed by atoms with E-state index in [0.717, 1.165) is 19.3 Å². The summed E-state index contributed by atoms with van der Waals surface area (Å²) < 4.78 is 62.2. The third kappa shape index (κ3) is 4.37. The number of alkyl halides is 3. The molecule has 30 heavy (non-hydrogen) atoms. The van der Waals surface area contributed by atoms with E-state index in [0.29, 0.717) is 22.0 Å². The molecular weight excluding hydrogens is 417 g/mol. The summed E-state index contributed by atoms with van der Waals surface area (Å²) in [6, 6.07) is 6.38. The number of amides is 1. The molecule has 1 saturated heterocycles. The maximum Gasteiger partial charge on any atom is 0.511 e. The topological polar surface area (TPSA) is 57.7 Å². The van der Waals surface area contributed by atoms with Crippen LogP contribution in [-0.4, -0.2) is 48.2 Å². The molecule has 1 amide bonds. The van der Waals surface area contributed by atoms with Gasteiger partial charge in [-0.2, -0.15) is 17.5 Å². The fourth-order valence-electron chi connectivity index (χ4n) is 5.33. The number of fused-ring (bicyclic) bond motifs is 2. The average molecular weight is 447 g/mol. The van der Waals surface area contributed by atoms with Gasteiger partial charge in [-0.05, 0) is 47.8 Å². The van der Waals surface area contributed by atoms with Gasteiger partial charge in [0.15, 0.2) is 0 Å². The molecule has 1 saturated carbocycles. The minimum absolute atomic E-state index is 0.0803. The fourth-order valence-corrected chi connectivity index (χ4v) is 6.28. The normalized spacial score (nSPS) is 26.3. The van der Waals surface area contributed by atoms with Crippen LogP contribution in [0.5, 0.6) is 0 Å². The summed E-state index contributed by atoms with van der Waals surface area (Å²) in [6.45, 7) is 8.04. The highest BCUT2D eigenvalue weighted by atomic mass is 32.2. The van der Waals surface area contributed by atoms with Gasteiger partial charge >= 0.3 is 15.5 Å². The number of halogens is 3. The Hall–Kier alpha value is -1.61. The molecule has 0 radical (unpaired) electrons. The van der Waals surface area contributed by atoms with Crippen LogP contribution in [0.25, 0.3) is 0 Å². The van der Waals surface area contributed by atoms with Crippen LogP contribution in [0.3, 0.4) is 0 Å².